The molecule has 0 nitrogen and oxygen atoms in total. The molecule has 9 heavy (non-hydrogen) atoms. The standard InChI is InChI=1S/C6H11BF2/c1-2-3-4-5-6-7(8)9/h5-6H,2-4H2,1H3/b6-5+. The van der Waals surface area contributed by atoms with Crippen molar-refractivity contribution in [3.63, 3.8) is 0 Å². The predicted octanol–water partition coefficient (Wildman–Crippen LogP) is 2.70. The minimum atomic E-state index is -2.28. The Balaban J connectivity index is 3.04. The molecule has 0 aromatic rings. The van der Waals surface area contributed by atoms with E-state index in [2.05, 4.69) is 0 Å². The maximum Gasteiger partial charge on any atom is 0.564 e. The molecule has 0 radical (unpaired) electrons. The van der Waals surface area contributed by atoms with E-state index in [4.69, 9.17) is 0 Å². The third kappa shape index (κ3) is 7.66. The van der Waals surface area contributed by atoms with E-state index in [1.165, 1.54) is 6.08 Å². The third-order valence-corrected chi connectivity index (χ3v) is 1.01. The number of allylic oxidation sites excluding steroid dienone is 1. The maximum atomic E-state index is 11.4. The van der Waals surface area contributed by atoms with Crippen LogP contribution in [0, 0.1) is 0 Å². The summed E-state index contributed by atoms with van der Waals surface area (Å²) >= 11 is 0. The minimum Gasteiger partial charge on any atom is -0.282 e. The number of unbranched alkanes of at least 4 members (excludes halogenated alkanes) is 2. The molecule has 0 atom stereocenters. The highest BCUT2D eigenvalue weighted by Gasteiger charge is 2.02. The molecular weight excluding hydrogens is 121 g/mol. The first-order chi connectivity index (χ1) is 4.27. The summed E-state index contributed by atoms with van der Waals surface area (Å²) in [6.45, 7) is 2.04. The molecule has 0 unspecified atom stereocenters. The van der Waals surface area contributed by atoms with Crippen LogP contribution in [0.3, 0.4) is 0 Å². The second kappa shape index (κ2) is 5.80. The van der Waals surface area contributed by atoms with Crippen molar-refractivity contribution in [1.29, 1.82) is 0 Å². The van der Waals surface area contributed by atoms with Crippen LogP contribution in [-0.4, -0.2) is 7.27 Å². The Hall–Kier alpha value is -0.335. The van der Waals surface area contributed by atoms with Crippen LogP contribution in [0.25, 0.3) is 0 Å². The number of hydrogen-bond donors (Lipinski definition) is 0. The van der Waals surface area contributed by atoms with Gasteiger partial charge in [-0.15, -0.1) is 0 Å². The van der Waals surface area contributed by atoms with Gasteiger partial charge in [-0.05, 0) is 12.4 Å². The van der Waals surface area contributed by atoms with Crippen LogP contribution < -0.4 is 0 Å². The lowest BCUT2D eigenvalue weighted by molar-refractivity contribution is 0.682. The first-order valence-corrected chi connectivity index (χ1v) is 3.22. The summed E-state index contributed by atoms with van der Waals surface area (Å²) in [5.41, 5.74) is 0. The number of hydrogen-bond acceptors (Lipinski definition) is 0. The van der Waals surface area contributed by atoms with Crippen molar-refractivity contribution in [2.75, 3.05) is 0 Å². The molecular formula is C6H11BF2. The minimum absolute atomic E-state index is 0.779. The molecule has 0 bridgehead atoms. The Morgan fingerprint density at radius 3 is 2.56 bits per heavy atom. The van der Waals surface area contributed by atoms with Gasteiger partial charge >= 0.3 is 7.27 Å². The lowest BCUT2D eigenvalue weighted by Crippen LogP contribution is -1.87. The van der Waals surface area contributed by atoms with E-state index in [1.54, 1.807) is 0 Å². The zero-order valence-electron chi connectivity index (χ0n) is 5.61. The summed E-state index contributed by atoms with van der Waals surface area (Å²) < 4.78 is 22.8. The van der Waals surface area contributed by atoms with E-state index in [-0.39, 0.29) is 0 Å². The topological polar surface area (TPSA) is 0 Å². The van der Waals surface area contributed by atoms with Crippen molar-refractivity contribution in [2.24, 2.45) is 0 Å². The van der Waals surface area contributed by atoms with Gasteiger partial charge in [0.15, 0.2) is 0 Å². The normalized spacial score (nSPS) is 10.6. The van der Waals surface area contributed by atoms with Gasteiger partial charge in [-0.25, -0.2) is 0 Å². The van der Waals surface area contributed by atoms with E-state index < -0.39 is 7.27 Å². The Morgan fingerprint density at radius 2 is 2.11 bits per heavy atom. The monoisotopic (exact) mass is 132 g/mol. The van der Waals surface area contributed by atoms with Crippen molar-refractivity contribution >= 4 is 7.27 Å². The summed E-state index contributed by atoms with van der Waals surface area (Å²) in [6.07, 6.45) is 4.38. The summed E-state index contributed by atoms with van der Waals surface area (Å²) in [4.78, 5) is 0. The van der Waals surface area contributed by atoms with E-state index in [1.807, 2.05) is 6.92 Å². The molecule has 52 valence electrons. The number of rotatable bonds is 4. The average molecular weight is 132 g/mol. The van der Waals surface area contributed by atoms with E-state index >= 15 is 0 Å². The predicted molar refractivity (Wildman–Crippen MR) is 36.6 cm³/mol. The Labute approximate surface area is 55.1 Å². The smallest absolute Gasteiger partial charge is 0.282 e. The molecule has 3 heteroatoms. The van der Waals surface area contributed by atoms with Crippen LogP contribution in [0.15, 0.2) is 12.1 Å². The lowest BCUT2D eigenvalue weighted by Gasteiger charge is -1.85. The quantitative estimate of drug-likeness (QED) is 0.407. The molecule has 0 aliphatic rings. The van der Waals surface area contributed by atoms with Crippen molar-refractivity contribution in [1.82, 2.24) is 0 Å². The maximum absolute atomic E-state index is 11.4. The number of halogens is 2. The van der Waals surface area contributed by atoms with E-state index in [9.17, 15) is 8.63 Å². The van der Waals surface area contributed by atoms with Crippen LogP contribution in [0.5, 0.6) is 0 Å². The second-order valence-electron chi connectivity index (χ2n) is 1.90. The van der Waals surface area contributed by atoms with Crippen LogP contribution in [0.2, 0.25) is 0 Å². The fraction of sp³-hybridized carbons (Fsp3) is 0.667. The average Bonchev–Trinajstić information content (AvgIpc) is 1.80. The molecule has 0 N–H and O–H groups in total. The molecule has 0 aromatic heterocycles. The molecule has 0 saturated heterocycles. The summed E-state index contributed by atoms with van der Waals surface area (Å²) in [5.74, 6) is 0.940. The van der Waals surface area contributed by atoms with Gasteiger partial charge in [0.25, 0.3) is 0 Å². The fourth-order valence-electron chi connectivity index (χ4n) is 0.521. The molecule has 0 aliphatic heterocycles. The van der Waals surface area contributed by atoms with Crippen LogP contribution in [0.1, 0.15) is 26.2 Å². The first kappa shape index (κ1) is 8.66. The zero-order valence-corrected chi connectivity index (χ0v) is 5.61. The molecule has 0 heterocycles. The fourth-order valence-corrected chi connectivity index (χ4v) is 0.521. The Morgan fingerprint density at radius 1 is 1.44 bits per heavy atom. The van der Waals surface area contributed by atoms with Crippen molar-refractivity contribution < 1.29 is 8.63 Å². The third-order valence-electron chi connectivity index (χ3n) is 1.01. The summed E-state index contributed by atoms with van der Waals surface area (Å²) in [7, 11) is -2.28. The van der Waals surface area contributed by atoms with Crippen LogP contribution in [0.4, 0.5) is 8.63 Å². The van der Waals surface area contributed by atoms with E-state index in [0.29, 0.717) is 0 Å². The Kier molecular flexibility index (Phi) is 5.58. The van der Waals surface area contributed by atoms with Gasteiger partial charge < -0.3 is 0 Å². The highest BCUT2D eigenvalue weighted by atomic mass is 19.2. The second-order valence-corrected chi connectivity index (χ2v) is 1.90. The highest BCUT2D eigenvalue weighted by Crippen LogP contribution is 1.96. The SMILES string of the molecule is CCCC/C=C/B(F)F. The molecule has 0 fully saturated rings. The molecule has 0 aliphatic carbocycles. The van der Waals surface area contributed by atoms with Gasteiger partial charge in [-0.2, -0.15) is 0 Å². The molecule has 0 rings (SSSR count). The lowest BCUT2D eigenvalue weighted by atomic mass is 9.98. The van der Waals surface area contributed by atoms with Crippen LogP contribution >= 0.6 is 0 Å². The molecule has 0 aromatic carbocycles. The van der Waals surface area contributed by atoms with Crippen molar-refractivity contribution in [2.45, 2.75) is 26.2 Å². The van der Waals surface area contributed by atoms with Gasteiger partial charge in [0, 0.05) is 0 Å². The molecule has 0 spiro atoms. The van der Waals surface area contributed by atoms with Gasteiger partial charge in [-0.3, -0.25) is 8.63 Å². The molecule has 0 amide bonds. The van der Waals surface area contributed by atoms with Gasteiger partial charge in [0.1, 0.15) is 0 Å². The largest absolute Gasteiger partial charge is 0.564 e. The van der Waals surface area contributed by atoms with Gasteiger partial charge in [0.2, 0.25) is 0 Å². The van der Waals surface area contributed by atoms with Crippen LogP contribution in [-0.2, 0) is 0 Å². The van der Waals surface area contributed by atoms with Crippen molar-refractivity contribution in [3.8, 4) is 0 Å². The van der Waals surface area contributed by atoms with E-state index in [0.717, 1.165) is 25.2 Å². The highest BCUT2D eigenvalue weighted by molar-refractivity contribution is 6.49. The summed E-state index contributed by atoms with van der Waals surface area (Å²) in [5, 5.41) is 0. The van der Waals surface area contributed by atoms with Gasteiger partial charge in [-0.1, -0.05) is 25.8 Å². The Bertz CT molecular complexity index is 81.1. The summed E-state index contributed by atoms with van der Waals surface area (Å²) in [6, 6.07) is 0. The molecule has 0 saturated carbocycles. The zero-order chi connectivity index (χ0) is 7.11. The first-order valence-electron chi connectivity index (χ1n) is 3.22. The van der Waals surface area contributed by atoms with Crippen molar-refractivity contribution in [3.05, 3.63) is 12.1 Å². The van der Waals surface area contributed by atoms with Gasteiger partial charge in [0.05, 0.1) is 0 Å².